The van der Waals surface area contributed by atoms with E-state index in [0.29, 0.717) is 55.5 Å². The molecule has 6 nitrogen and oxygen atoms in total. The van der Waals surface area contributed by atoms with Crippen LogP contribution in [0.3, 0.4) is 0 Å². The SMILES string of the molecule is Fc1ccc(Cl)cc1-c1cc(Nc2cc(Nc3cc(-c4cc(Cl)ccc4F)nc4ccccc34)ncn2)c2ccccc2n1. The van der Waals surface area contributed by atoms with Gasteiger partial charge in [0.2, 0.25) is 0 Å². The Kier molecular flexibility index (Phi) is 7.21. The quantitative estimate of drug-likeness (QED) is 0.193. The molecule has 0 atom stereocenters. The molecule has 0 aliphatic carbocycles. The van der Waals surface area contributed by atoms with Gasteiger partial charge in [0, 0.05) is 38.0 Å². The molecule has 214 valence electrons. The van der Waals surface area contributed by atoms with Crippen LogP contribution in [0.25, 0.3) is 44.3 Å². The van der Waals surface area contributed by atoms with E-state index < -0.39 is 11.6 Å². The van der Waals surface area contributed by atoms with Crippen LogP contribution in [0.1, 0.15) is 0 Å². The van der Waals surface area contributed by atoms with E-state index in [1.54, 1.807) is 30.3 Å². The second kappa shape index (κ2) is 11.5. The molecule has 2 N–H and O–H groups in total. The zero-order valence-electron chi connectivity index (χ0n) is 22.7. The van der Waals surface area contributed by atoms with E-state index in [9.17, 15) is 8.78 Å². The van der Waals surface area contributed by atoms with Gasteiger partial charge < -0.3 is 10.6 Å². The number of benzene rings is 4. The van der Waals surface area contributed by atoms with Crippen molar-refractivity contribution in [2.45, 2.75) is 0 Å². The fourth-order valence-corrected chi connectivity index (χ4v) is 5.34. The minimum atomic E-state index is -0.432. The first-order valence-electron chi connectivity index (χ1n) is 13.5. The van der Waals surface area contributed by atoms with Crippen LogP contribution < -0.4 is 10.6 Å². The highest BCUT2D eigenvalue weighted by Crippen LogP contribution is 2.35. The maximum absolute atomic E-state index is 14.8. The molecule has 0 amide bonds. The number of anilines is 4. The van der Waals surface area contributed by atoms with Crippen molar-refractivity contribution in [3.63, 3.8) is 0 Å². The molecule has 3 aromatic heterocycles. The summed E-state index contributed by atoms with van der Waals surface area (Å²) in [5.74, 6) is 0.100. The van der Waals surface area contributed by atoms with Gasteiger partial charge in [-0.15, -0.1) is 0 Å². The van der Waals surface area contributed by atoms with E-state index in [0.717, 1.165) is 10.8 Å². The lowest BCUT2D eigenvalue weighted by Gasteiger charge is -2.14. The summed E-state index contributed by atoms with van der Waals surface area (Å²) in [4.78, 5) is 18.2. The second-order valence-electron chi connectivity index (χ2n) is 9.93. The van der Waals surface area contributed by atoms with Crippen molar-refractivity contribution in [3.05, 3.63) is 131 Å². The van der Waals surface area contributed by atoms with Gasteiger partial charge in [-0.3, -0.25) is 0 Å². The number of hydrogen-bond acceptors (Lipinski definition) is 6. The number of fused-ring (bicyclic) bond motifs is 2. The number of halogens is 4. The van der Waals surface area contributed by atoms with Gasteiger partial charge in [-0.1, -0.05) is 59.6 Å². The Balaban J connectivity index is 1.27. The minimum absolute atomic E-state index is 0.285. The largest absolute Gasteiger partial charge is 0.339 e. The molecule has 0 bridgehead atoms. The number of nitrogens with zero attached hydrogens (tertiary/aromatic N) is 4. The van der Waals surface area contributed by atoms with Gasteiger partial charge in [0.15, 0.2) is 0 Å². The van der Waals surface area contributed by atoms with Gasteiger partial charge in [-0.2, -0.15) is 0 Å². The van der Waals surface area contributed by atoms with E-state index in [1.807, 2.05) is 48.5 Å². The summed E-state index contributed by atoms with van der Waals surface area (Å²) in [6.07, 6.45) is 1.42. The number of nitrogens with one attached hydrogen (secondary N) is 2. The van der Waals surface area contributed by atoms with Crippen LogP contribution >= 0.6 is 23.2 Å². The molecule has 0 saturated heterocycles. The van der Waals surface area contributed by atoms with Crippen LogP contribution in [0.5, 0.6) is 0 Å². The highest BCUT2D eigenvalue weighted by Gasteiger charge is 2.15. The fourth-order valence-electron chi connectivity index (χ4n) is 4.99. The summed E-state index contributed by atoms with van der Waals surface area (Å²) in [6, 6.07) is 29.1. The summed E-state index contributed by atoms with van der Waals surface area (Å²) in [7, 11) is 0. The molecule has 44 heavy (non-hydrogen) atoms. The Hall–Kier alpha value is -5.18. The van der Waals surface area contributed by atoms with Crippen molar-refractivity contribution in [2.24, 2.45) is 0 Å². The molecule has 4 aromatic carbocycles. The summed E-state index contributed by atoms with van der Waals surface area (Å²) < 4.78 is 29.6. The van der Waals surface area contributed by atoms with Crippen molar-refractivity contribution >= 4 is 68.0 Å². The average molecular weight is 621 g/mol. The first-order chi connectivity index (χ1) is 21.4. The van der Waals surface area contributed by atoms with E-state index in [2.05, 4.69) is 30.6 Å². The second-order valence-corrected chi connectivity index (χ2v) is 10.8. The van der Waals surface area contributed by atoms with Gasteiger partial charge >= 0.3 is 0 Å². The molecular formula is C34H20Cl2F2N6. The van der Waals surface area contributed by atoms with Crippen LogP contribution in [0.15, 0.2) is 109 Å². The molecule has 10 heteroatoms. The zero-order valence-corrected chi connectivity index (χ0v) is 24.2. The highest BCUT2D eigenvalue weighted by molar-refractivity contribution is 6.31. The Morgan fingerprint density at radius 2 is 0.977 bits per heavy atom. The highest BCUT2D eigenvalue weighted by atomic mass is 35.5. The van der Waals surface area contributed by atoms with Crippen molar-refractivity contribution in [1.82, 2.24) is 19.9 Å². The molecule has 0 aliphatic rings. The van der Waals surface area contributed by atoms with Crippen molar-refractivity contribution in [3.8, 4) is 22.5 Å². The number of rotatable bonds is 6. The van der Waals surface area contributed by atoms with Crippen LogP contribution in [0.2, 0.25) is 10.0 Å². The van der Waals surface area contributed by atoms with Crippen molar-refractivity contribution in [2.75, 3.05) is 10.6 Å². The molecule has 0 radical (unpaired) electrons. The Bertz CT molecular complexity index is 2060. The topological polar surface area (TPSA) is 75.6 Å². The number of hydrogen-bond donors (Lipinski definition) is 2. The van der Waals surface area contributed by atoms with E-state index in [-0.39, 0.29) is 11.1 Å². The maximum atomic E-state index is 14.8. The van der Waals surface area contributed by atoms with Crippen molar-refractivity contribution in [1.29, 1.82) is 0 Å². The van der Waals surface area contributed by atoms with Gasteiger partial charge in [0.05, 0.1) is 33.8 Å². The third-order valence-electron chi connectivity index (χ3n) is 7.03. The third kappa shape index (κ3) is 5.48. The summed E-state index contributed by atoms with van der Waals surface area (Å²) in [5, 5.41) is 9.13. The molecule has 0 saturated carbocycles. The first-order valence-corrected chi connectivity index (χ1v) is 14.2. The Morgan fingerprint density at radius 3 is 1.45 bits per heavy atom. The van der Waals surface area contributed by atoms with Gasteiger partial charge in [-0.05, 0) is 60.7 Å². The molecule has 0 fully saturated rings. The average Bonchev–Trinajstić information content (AvgIpc) is 3.03. The third-order valence-corrected chi connectivity index (χ3v) is 7.50. The van der Waals surface area contributed by atoms with E-state index in [4.69, 9.17) is 23.2 Å². The van der Waals surface area contributed by atoms with E-state index in [1.165, 1.54) is 30.6 Å². The maximum Gasteiger partial charge on any atom is 0.135 e. The van der Waals surface area contributed by atoms with Crippen LogP contribution in [-0.2, 0) is 0 Å². The van der Waals surface area contributed by atoms with Gasteiger partial charge in [-0.25, -0.2) is 28.7 Å². The summed E-state index contributed by atoms with van der Waals surface area (Å²) >= 11 is 12.3. The predicted octanol–water partition coefficient (Wildman–Crippen LogP) is 9.98. The molecule has 0 spiro atoms. The van der Waals surface area contributed by atoms with Gasteiger partial charge in [0.25, 0.3) is 0 Å². The lowest BCUT2D eigenvalue weighted by molar-refractivity contribution is 0.630. The standard InChI is InChI=1S/C34H20Cl2F2N6/c35-19-9-11-25(37)23(13-19)31-15-29(21-5-1-3-7-27(21)41-31)43-33-17-34(40-18-39-33)44-30-16-32(24-14-20(36)10-12-26(24)38)42-28-8-4-2-6-22(28)30/h1-18H,(H2,39,40,41,42,43,44). The monoisotopic (exact) mass is 620 g/mol. The molecule has 0 unspecified atom stereocenters. The Morgan fingerprint density at radius 1 is 0.523 bits per heavy atom. The Labute approximate surface area is 260 Å². The van der Waals surface area contributed by atoms with E-state index >= 15 is 0 Å². The molecular weight excluding hydrogens is 601 g/mol. The number of aromatic nitrogens is 4. The lowest BCUT2D eigenvalue weighted by Crippen LogP contribution is -2.01. The zero-order chi connectivity index (χ0) is 30.2. The first kappa shape index (κ1) is 27.6. The number of pyridine rings is 2. The normalized spacial score (nSPS) is 11.2. The van der Waals surface area contributed by atoms with Crippen LogP contribution in [0, 0.1) is 11.6 Å². The molecule has 7 aromatic rings. The van der Waals surface area contributed by atoms with Crippen LogP contribution in [-0.4, -0.2) is 19.9 Å². The number of para-hydroxylation sites is 2. The van der Waals surface area contributed by atoms with Gasteiger partial charge in [0.1, 0.15) is 29.6 Å². The molecule has 7 rings (SSSR count). The van der Waals surface area contributed by atoms with Crippen molar-refractivity contribution < 1.29 is 8.78 Å². The van der Waals surface area contributed by atoms with Crippen LogP contribution in [0.4, 0.5) is 31.8 Å². The molecule has 0 aliphatic heterocycles. The molecule has 3 heterocycles. The summed E-state index contributed by atoms with van der Waals surface area (Å²) in [6.45, 7) is 0. The summed E-state index contributed by atoms with van der Waals surface area (Å²) in [5.41, 5.74) is 4.09. The predicted molar refractivity (Wildman–Crippen MR) is 173 cm³/mol. The smallest absolute Gasteiger partial charge is 0.135 e. The minimum Gasteiger partial charge on any atom is -0.339 e. The lowest BCUT2D eigenvalue weighted by atomic mass is 10.1. The fraction of sp³-hybridized carbons (Fsp3) is 0.